The Balaban J connectivity index is 1.48. The van der Waals surface area contributed by atoms with Gasteiger partial charge in [0.15, 0.2) is 0 Å². The molecule has 1 amide bonds. The summed E-state index contributed by atoms with van der Waals surface area (Å²) in [4.78, 5) is 27.6. The van der Waals surface area contributed by atoms with Gasteiger partial charge in [-0.3, -0.25) is 14.9 Å². The second-order valence-corrected chi connectivity index (χ2v) is 8.02. The van der Waals surface area contributed by atoms with Gasteiger partial charge in [0.05, 0.1) is 4.92 Å². The van der Waals surface area contributed by atoms with E-state index in [1.165, 1.54) is 6.07 Å². The van der Waals surface area contributed by atoms with Gasteiger partial charge in [0.2, 0.25) is 5.91 Å². The smallest absolute Gasteiger partial charge is 0.292 e. The molecule has 1 saturated heterocycles. The van der Waals surface area contributed by atoms with Crippen molar-refractivity contribution in [3.63, 3.8) is 0 Å². The number of rotatable bonds is 9. The van der Waals surface area contributed by atoms with Crippen molar-refractivity contribution >= 4 is 17.3 Å². The van der Waals surface area contributed by atoms with Gasteiger partial charge >= 0.3 is 0 Å². The summed E-state index contributed by atoms with van der Waals surface area (Å²) in [5.41, 5.74) is 1.73. The maximum absolute atomic E-state index is 12.6. The number of carbonyl (C=O) groups excluding carboxylic acids is 1. The maximum Gasteiger partial charge on any atom is 0.292 e. The van der Waals surface area contributed by atoms with Crippen LogP contribution >= 0.6 is 0 Å². The summed E-state index contributed by atoms with van der Waals surface area (Å²) >= 11 is 0. The van der Waals surface area contributed by atoms with E-state index in [1.54, 1.807) is 18.2 Å². The third-order valence-corrected chi connectivity index (χ3v) is 5.46. The Labute approximate surface area is 182 Å². The first-order valence-corrected chi connectivity index (χ1v) is 10.6. The van der Waals surface area contributed by atoms with Crippen LogP contribution in [0.5, 0.6) is 5.75 Å². The highest BCUT2D eigenvalue weighted by Crippen LogP contribution is 2.31. The topological polar surface area (TPSA) is 88.0 Å². The highest BCUT2D eigenvalue weighted by molar-refractivity contribution is 5.79. The van der Waals surface area contributed by atoms with E-state index in [1.807, 2.05) is 43.3 Å². The molecule has 8 heteroatoms. The van der Waals surface area contributed by atoms with Crippen molar-refractivity contribution in [1.29, 1.82) is 0 Å². The standard InChI is InChI=1S/C23H30N4O4/c1-25(2)14-15-31-20-7-5-6-18(16-20)17-24-23(28)19-10-12-26(13-11-19)21-8-3-4-9-22(21)27(29)30/h3-9,16,19H,10-15,17H2,1-2H3,(H,24,28). The molecule has 0 bridgehead atoms. The van der Waals surface area contributed by atoms with Gasteiger partial charge in [-0.25, -0.2) is 0 Å². The lowest BCUT2D eigenvalue weighted by Gasteiger charge is -2.32. The summed E-state index contributed by atoms with van der Waals surface area (Å²) in [6.07, 6.45) is 1.34. The van der Waals surface area contributed by atoms with Gasteiger partial charge in [-0.05, 0) is 50.7 Å². The molecular formula is C23H30N4O4. The number of likely N-dealkylation sites (N-methyl/N-ethyl adjacent to an activating group) is 1. The summed E-state index contributed by atoms with van der Waals surface area (Å²) in [6.45, 7) is 3.15. The Hall–Kier alpha value is -3.13. The first kappa shape index (κ1) is 22.6. The van der Waals surface area contributed by atoms with Gasteiger partial charge in [-0.2, -0.15) is 0 Å². The first-order chi connectivity index (χ1) is 14.9. The lowest BCUT2D eigenvalue weighted by molar-refractivity contribution is -0.384. The van der Waals surface area contributed by atoms with Gasteiger partial charge in [0, 0.05) is 38.2 Å². The molecule has 1 fully saturated rings. The molecule has 2 aromatic carbocycles. The van der Waals surface area contributed by atoms with Gasteiger partial charge in [0.25, 0.3) is 5.69 Å². The number of nitro benzene ring substituents is 1. The van der Waals surface area contributed by atoms with Crippen molar-refractivity contribution in [2.24, 2.45) is 5.92 Å². The molecule has 2 aromatic rings. The van der Waals surface area contributed by atoms with E-state index < -0.39 is 0 Å². The predicted molar refractivity (Wildman–Crippen MR) is 120 cm³/mol. The number of nitrogens with one attached hydrogen (secondary N) is 1. The van der Waals surface area contributed by atoms with Gasteiger partial charge in [-0.1, -0.05) is 24.3 Å². The molecule has 3 rings (SSSR count). The fraction of sp³-hybridized carbons (Fsp3) is 0.435. The Morgan fingerprint density at radius 2 is 1.94 bits per heavy atom. The molecule has 1 aliphatic rings. The Kier molecular flexibility index (Phi) is 7.83. The van der Waals surface area contributed by atoms with Crippen molar-refractivity contribution < 1.29 is 14.5 Å². The molecule has 8 nitrogen and oxygen atoms in total. The van der Waals surface area contributed by atoms with Crippen LogP contribution in [0.2, 0.25) is 0 Å². The van der Waals surface area contributed by atoms with Crippen LogP contribution in [-0.2, 0) is 11.3 Å². The van der Waals surface area contributed by atoms with E-state index >= 15 is 0 Å². The number of benzene rings is 2. The normalized spacial score (nSPS) is 14.5. The predicted octanol–water partition coefficient (Wildman–Crippen LogP) is 3.07. The monoisotopic (exact) mass is 426 g/mol. The number of nitro groups is 1. The minimum atomic E-state index is -0.355. The minimum Gasteiger partial charge on any atom is -0.492 e. The number of anilines is 1. The van der Waals surface area contributed by atoms with Gasteiger partial charge in [0.1, 0.15) is 18.0 Å². The van der Waals surface area contributed by atoms with Gasteiger partial charge < -0.3 is 19.9 Å². The Bertz CT molecular complexity index is 895. The van der Waals surface area contributed by atoms with Crippen molar-refractivity contribution in [1.82, 2.24) is 10.2 Å². The van der Waals surface area contributed by atoms with Crippen molar-refractivity contribution in [3.8, 4) is 5.75 Å². The Morgan fingerprint density at radius 3 is 2.65 bits per heavy atom. The molecule has 1 aliphatic heterocycles. The molecule has 0 aromatic heterocycles. The Morgan fingerprint density at radius 1 is 1.19 bits per heavy atom. The van der Waals surface area contributed by atoms with Crippen LogP contribution in [0.15, 0.2) is 48.5 Å². The molecular weight excluding hydrogens is 396 g/mol. The fourth-order valence-corrected chi connectivity index (χ4v) is 3.69. The second kappa shape index (κ2) is 10.8. The molecule has 0 atom stereocenters. The van der Waals surface area contributed by atoms with Crippen LogP contribution in [0, 0.1) is 16.0 Å². The minimum absolute atomic E-state index is 0.0288. The quantitative estimate of drug-likeness (QED) is 0.490. The van der Waals surface area contributed by atoms with Crippen LogP contribution in [0.1, 0.15) is 18.4 Å². The first-order valence-electron chi connectivity index (χ1n) is 10.6. The van der Waals surface area contributed by atoms with Crippen molar-refractivity contribution in [2.75, 3.05) is 45.2 Å². The largest absolute Gasteiger partial charge is 0.492 e. The zero-order chi connectivity index (χ0) is 22.2. The maximum atomic E-state index is 12.6. The molecule has 1 N–H and O–H groups in total. The zero-order valence-corrected chi connectivity index (χ0v) is 18.1. The second-order valence-electron chi connectivity index (χ2n) is 8.02. The van der Waals surface area contributed by atoms with E-state index in [0.29, 0.717) is 44.8 Å². The number of hydrogen-bond acceptors (Lipinski definition) is 6. The fourth-order valence-electron chi connectivity index (χ4n) is 3.69. The third-order valence-electron chi connectivity index (χ3n) is 5.46. The number of carbonyl (C=O) groups is 1. The molecule has 166 valence electrons. The van der Waals surface area contributed by atoms with Crippen molar-refractivity contribution in [2.45, 2.75) is 19.4 Å². The third kappa shape index (κ3) is 6.42. The number of para-hydroxylation sites is 2. The summed E-state index contributed by atoms with van der Waals surface area (Å²) < 4.78 is 5.75. The summed E-state index contributed by atoms with van der Waals surface area (Å²) in [5.74, 6) is 0.742. The molecule has 0 radical (unpaired) electrons. The van der Waals surface area contributed by atoms with Crippen molar-refractivity contribution in [3.05, 3.63) is 64.2 Å². The molecule has 1 heterocycles. The number of hydrogen-bond donors (Lipinski definition) is 1. The molecule has 0 aliphatic carbocycles. The average molecular weight is 427 g/mol. The zero-order valence-electron chi connectivity index (χ0n) is 18.1. The van der Waals surface area contributed by atoms with Crippen LogP contribution in [0.25, 0.3) is 0 Å². The molecule has 0 saturated carbocycles. The van der Waals surface area contributed by atoms with E-state index in [4.69, 9.17) is 4.74 Å². The lowest BCUT2D eigenvalue weighted by atomic mass is 9.95. The molecule has 0 unspecified atom stereocenters. The highest BCUT2D eigenvalue weighted by Gasteiger charge is 2.27. The van der Waals surface area contributed by atoms with Crippen LogP contribution in [0.4, 0.5) is 11.4 Å². The lowest BCUT2D eigenvalue weighted by Crippen LogP contribution is -2.40. The van der Waals surface area contributed by atoms with E-state index in [2.05, 4.69) is 10.2 Å². The van der Waals surface area contributed by atoms with E-state index in [-0.39, 0.29) is 22.4 Å². The highest BCUT2D eigenvalue weighted by atomic mass is 16.6. The number of amides is 1. The average Bonchev–Trinajstić information content (AvgIpc) is 2.77. The summed E-state index contributed by atoms with van der Waals surface area (Å²) in [7, 11) is 4.00. The van der Waals surface area contributed by atoms with E-state index in [0.717, 1.165) is 17.9 Å². The van der Waals surface area contributed by atoms with Crippen LogP contribution in [-0.4, -0.2) is 56.1 Å². The van der Waals surface area contributed by atoms with Crippen LogP contribution < -0.4 is 15.0 Å². The molecule has 31 heavy (non-hydrogen) atoms. The molecule has 0 spiro atoms. The number of ether oxygens (including phenoxy) is 1. The summed E-state index contributed by atoms with van der Waals surface area (Å²) in [6, 6.07) is 14.5. The number of nitrogens with zero attached hydrogens (tertiary/aromatic N) is 3. The SMILES string of the molecule is CN(C)CCOc1cccc(CNC(=O)C2CCN(c3ccccc3[N+](=O)[O-])CC2)c1. The van der Waals surface area contributed by atoms with E-state index in [9.17, 15) is 14.9 Å². The number of piperidine rings is 1. The summed E-state index contributed by atoms with van der Waals surface area (Å²) in [5, 5.41) is 14.3. The van der Waals surface area contributed by atoms with Crippen LogP contribution in [0.3, 0.4) is 0 Å². The van der Waals surface area contributed by atoms with Gasteiger partial charge in [-0.15, -0.1) is 0 Å².